The van der Waals surface area contributed by atoms with Gasteiger partial charge in [-0.2, -0.15) is 0 Å². The van der Waals surface area contributed by atoms with Crippen molar-refractivity contribution in [3.63, 3.8) is 0 Å². The molecule has 176 valence electrons. The van der Waals surface area contributed by atoms with Crippen LogP contribution in [0.15, 0.2) is 42.5 Å². The second-order valence-corrected chi connectivity index (χ2v) is 9.35. The van der Waals surface area contributed by atoms with Crippen molar-refractivity contribution in [3.05, 3.63) is 53.8 Å². The Morgan fingerprint density at radius 2 is 1.59 bits per heavy atom. The number of hydrogen-bond acceptors (Lipinski definition) is 1. The minimum Gasteiger partial charge on any atom is -0.403 e. The Bertz CT molecular complexity index is 836. The summed E-state index contributed by atoms with van der Waals surface area (Å²) < 4.78 is 54.7. The van der Waals surface area contributed by atoms with Gasteiger partial charge in [0.2, 0.25) is 0 Å². The first-order valence-electron chi connectivity index (χ1n) is 11.9. The van der Waals surface area contributed by atoms with Crippen LogP contribution in [0.2, 0.25) is 0 Å². The van der Waals surface area contributed by atoms with Gasteiger partial charge in [-0.05, 0) is 65.8 Å². The van der Waals surface area contributed by atoms with Crippen LogP contribution in [0.3, 0.4) is 0 Å². The number of rotatable bonds is 9. The molecule has 1 aliphatic carbocycles. The molecule has 1 aliphatic rings. The fourth-order valence-electron chi connectivity index (χ4n) is 4.99. The molecule has 0 aromatic heterocycles. The van der Waals surface area contributed by atoms with Crippen LogP contribution in [0.1, 0.15) is 70.8 Å². The molecule has 1 nitrogen and oxygen atoms in total. The van der Waals surface area contributed by atoms with Crippen LogP contribution in [0, 0.1) is 23.6 Å². The Morgan fingerprint density at radius 1 is 0.938 bits per heavy atom. The van der Waals surface area contributed by atoms with Gasteiger partial charge in [0, 0.05) is 0 Å². The maximum atomic E-state index is 14.0. The Labute approximate surface area is 189 Å². The first-order chi connectivity index (χ1) is 15.2. The van der Waals surface area contributed by atoms with E-state index in [2.05, 4.69) is 18.6 Å². The van der Waals surface area contributed by atoms with E-state index in [-0.39, 0.29) is 0 Å². The normalized spacial score (nSPS) is 20.2. The third-order valence-electron chi connectivity index (χ3n) is 6.91. The highest BCUT2D eigenvalue weighted by Gasteiger charge is 2.32. The molecule has 3 rings (SSSR count). The molecule has 0 N–H and O–H groups in total. The summed E-state index contributed by atoms with van der Waals surface area (Å²) in [6, 6.07) is 11.4. The van der Waals surface area contributed by atoms with Crippen LogP contribution in [-0.4, -0.2) is 6.36 Å². The molecule has 5 heteroatoms. The maximum Gasteiger partial charge on any atom is 0.573 e. The molecular weight excluding hydrogens is 416 g/mol. The van der Waals surface area contributed by atoms with Crippen molar-refractivity contribution in [2.45, 2.75) is 78.0 Å². The van der Waals surface area contributed by atoms with E-state index in [1.54, 1.807) is 0 Å². The van der Waals surface area contributed by atoms with Crippen LogP contribution in [0.4, 0.5) is 17.6 Å². The van der Waals surface area contributed by atoms with Crippen LogP contribution in [0.5, 0.6) is 5.75 Å². The summed E-state index contributed by atoms with van der Waals surface area (Å²) in [7, 11) is 0. The predicted molar refractivity (Wildman–Crippen MR) is 121 cm³/mol. The van der Waals surface area contributed by atoms with E-state index in [0.29, 0.717) is 11.5 Å². The molecule has 32 heavy (non-hydrogen) atoms. The largest absolute Gasteiger partial charge is 0.573 e. The number of alkyl halides is 3. The second-order valence-electron chi connectivity index (χ2n) is 9.35. The Hall–Kier alpha value is -2.04. The SMILES string of the molecule is CCCCCC1CCC(C(C)Cc2ccc(-c3ccc(OC(F)(F)F)c(F)c3)cc2)CC1. The van der Waals surface area contributed by atoms with E-state index in [4.69, 9.17) is 0 Å². The highest BCUT2D eigenvalue weighted by molar-refractivity contribution is 5.64. The van der Waals surface area contributed by atoms with Crippen molar-refractivity contribution in [2.75, 3.05) is 0 Å². The van der Waals surface area contributed by atoms with Gasteiger partial charge in [-0.3, -0.25) is 0 Å². The fourth-order valence-corrected chi connectivity index (χ4v) is 4.99. The van der Waals surface area contributed by atoms with Gasteiger partial charge in [-0.1, -0.05) is 82.7 Å². The lowest BCUT2D eigenvalue weighted by Crippen LogP contribution is -2.21. The summed E-state index contributed by atoms with van der Waals surface area (Å²) in [5.74, 6) is 0.466. The molecule has 2 aromatic rings. The average molecular weight is 451 g/mol. The van der Waals surface area contributed by atoms with Crippen LogP contribution >= 0.6 is 0 Å². The lowest BCUT2D eigenvalue weighted by molar-refractivity contribution is -0.275. The standard InChI is InChI=1S/C27H34F4O/c1-3-4-5-6-20-7-11-22(12-8-20)19(2)17-21-9-13-23(14-10-21)24-15-16-26(25(28)18-24)32-27(29,30)31/h9-10,13-16,18-20,22H,3-8,11-12,17H2,1-2H3. The summed E-state index contributed by atoms with van der Waals surface area (Å²) in [5, 5.41) is 0. The topological polar surface area (TPSA) is 9.23 Å². The number of hydrogen-bond donors (Lipinski definition) is 0. The fraction of sp³-hybridized carbons (Fsp3) is 0.556. The molecule has 1 atom stereocenters. The Morgan fingerprint density at radius 3 is 2.19 bits per heavy atom. The maximum absolute atomic E-state index is 14.0. The van der Waals surface area contributed by atoms with Crippen molar-refractivity contribution in [1.29, 1.82) is 0 Å². The zero-order valence-corrected chi connectivity index (χ0v) is 19.1. The molecule has 0 aliphatic heterocycles. The molecule has 0 saturated heterocycles. The van der Waals surface area contributed by atoms with Gasteiger partial charge in [0.15, 0.2) is 11.6 Å². The van der Waals surface area contributed by atoms with Gasteiger partial charge < -0.3 is 4.74 Å². The molecule has 2 aromatic carbocycles. The number of ether oxygens (including phenoxy) is 1. The molecular formula is C27H34F4O. The van der Waals surface area contributed by atoms with Crippen LogP contribution in [0.25, 0.3) is 11.1 Å². The summed E-state index contributed by atoms with van der Waals surface area (Å²) in [6.45, 7) is 4.59. The zero-order chi connectivity index (χ0) is 23.1. The van der Waals surface area contributed by atoms with E-state index in [1.807, 2.05) is 24.3 Å². The summed E-state index contributed by atoms with van der Waals surface area (Å²) in [6.07, 6.45) is 6.86. The molecule has 0 amide bonds. The minimum absolute atomic E-state index is 0.526. The molecule has 1 unspecified atom stereocenters. The number of unbranched alkanes of at least 4 members (excludes halogenated alkanes) is 2. The Kier molecular flexibility index (Phi) is 8.61. The number of benzene rings is 2. The number of halogens is 4. The lowest BCUT2D eigenvalue weighted by Gasteiger charge is -2.32. The smallest absolute Gasteiger partial charge is 0.403 e. The van der Waals surface area contributed by atoms with Crippen LogP contribution < -0.4 is 4.74 Å². The van der Waals surface area contributed by atoms with E-state index >= 15 is 0 Å². The van der Waals surface area contributed by atoms with Gasteiger partial charge in [-0.15, -0.1) is 13.2 Å². The summed E-state index contributed by atoms with van der Waals surface area (Å²) in [4.78, 5) is 0. The summed E-state index contributed by atoms with van der Waals surface area (Å²) in [5.41, 5.74) is 2.54. The van der Waals surface area contributed by atoms with Crippen molar-refractivity contribution in [3.8, 4) is 16.9 Å². The van der Waals surface area contributed by atoms with Crippen molar-refractivity contribution in [1.82, 2.24) is 0 Å². The van der Waals surface area contributed by atoms with E-state index in [9.17, 15) is 17.6 Å². The van der Waals surface area contributed by atoms with E-state index in [1.165, 1.54) is 63.0 Å². The molecule has 0 bridgehead atoms. The van der Waals surface area contributed by atoms with E-state index in [0.717, 1.165) is 36.0 Å². The highest BCUT2D eigenvalue weighted by Crippen LogP contribution is 2.37. The second kappa shape index (κ2) is 11.2. The van der Waals surface area contributed by atoms with Gasteiger partial charge in [-0.25, -0.2) is 4.39 Å². The third kappa shape index (κ3) is 7.25. The first-order valence-corrected chi connectivity index (χ1v) is 11.9. The predicted octanol–water partition coefficient (Wildman–Crippen LogP) is 8.96. The molecule has 0 radical (unpaired) electrons. The molecule has 0 spiro atoms. The van der Waals surface area contributed by atoms with Gasteiger partial charge in [0.05, 0.1) is 0 Å². The van der Waals surface area contributed by atoms with E-state index < -0.39 is 17.9 Å². The zero-order valence-electron chi connectivity index (χ0n) is 19.1. The average Bonchev–Trinajstić information content (AvgIpc) is 2.75. The van der Waals surface area contributed by atoms with Crippen LogP contribution in [-0.2, 0) is 6.42 Å². The lowest BCUT2D eigenvalue weighted by atomic mass is 9.73. The Balaban J connectivity index is 1.53. The van der Waals surface area contributed by atoms with Gasteiger partial charge in [0.1, 0.15) is 0 Å². The highest BCUT2D eigenvalue weighted by atomic mass is 19.4. The van der Waals surface area contributed by atoms with Crippen molar-refractivity contribution >= 4 is 0 Å². The minimum atomic E-state index is -4.91. The molecule has 1 saturated carbocycles. The van der Waals surface area contributed by atoms with Gasteiger partial charge >= 0.3 is 6.36 Å². The van der Waals surface area contributed by atoms with Crippen molar-refractivity contribution < 1.29 is 22.3 Å². The summed E-state index contributed by atoms with van der Waals surface area (Å²) >= 11 is 0. The molecule has 0 heterocycles. The molecule has 1 fully saturated rings. The van der Waals surface area contributed by atoms with Crippen molar-refractivity contribution in [2.24, 2.45) is 17.8 Å². The quantitative estimate of drug-likeness (QED) is 0.274. The third-order valence-corrected chi connectivity index (χ3v) is 6.91. The van der Waals surface area contributed by atoms with Gasteiger partial charge in [0.25, 0.3) is 0 Å². The first kappa shape index (κ1) is 24.6. The monoisotopic (exact) mass is 450 g/mol.